The van der Waals surface area contributed by atoms with E-state index in [1.165, 1.54) is 18.9 Å². The average molecular weight is 511 g/mol. The monoisotopic (exact) mass is 511 g/mol. The van der Waals surface area contributed by atoms with E-state index in [0.29, 0.717) is 17.0 Å². The summed E-state index contributed by atoms with van der Waals surface area (Å²) in [5.74, 6) is 0.153. The number of phenolic OH excluding ortho intramolecular Hbond substituents is 1. The Balaban J connectivity index is 0.00000280. The second-order valence-electron chi connectivity index (χ2n) is 5.96. The molecule has 2 aromatic rings. The quantitative estimate of drug-likeness (QED) is 0.534. The minimum atomic E-state index is -0.507. The summed E-state index contributed by atoms with van der Waals surface area (Å²) in [6, 6.07) is 13.8. The topological polar surface area (TPSA) is 83.0 Å². The lowest BCUT2D eigenvalue weighted by molar-refractivity contribution is -0.113. The Bertz CT molecular complexity index is 916. The molecule has 148 valence electrons. The summed E-state index contributed by atoms with van der Waals surface area (Å²) in [6.07, 6.45) is 1.92. The molecule has 0 aromatic heterocycles. The number of carbonyl (C=O) groups is 1. The zero-order valence-corrected chi connectivity index (χ0v) is 18.9. The molecule has 8 heteroatoms. The van der Waals surface area contributed by atoms with Crippen LogP contribution in [0.25, 0.3) is 0 Å². The predicted molar refractivity (Wildman–Crippen MR) is 125 cm³/mol. The lowest BCUT2D eigenvalue weighted by Crippen LogP contribution is -2.31. The van der Waals surface area contributed by atoms with Crippen molar-refractivity contribution >= 4 is 52.5 Å². The van der Waals surface area contributed by atoms with Crippen LogP contribution >= 0.6 is 35.7 Å². The second kappa shape index (κ2) is 9.83. The number of phenols is 1. The van der Waals surface area contributed by atoms with Crippen molar-refractivity contribution in [3.63, 3.8) is 0 Å². The van der Waals surface area contributed by atoms with E-state index in [1.807, 2.05) is 43.5 Å². The molecule has 1 amide bonds. The Kier molecular flexibility index (Phi) is 7.76. The molecule has 3 N–H and O–H groups in total. The van der Waals surface area contributed by atoms with Gasteiger partial charge in [0.25, 0.3) is 5.91 Å². The van der Waals surface area contributed by atoms with E-state index in [-0.39, 0.29) is 35.6 Å². The maximum Gasteiger partial charge on any atom is 0.255 e. The summed E-state index contributed by atoms with van der Waals surface area (Å²) >= 11 is 1.47. The van der Waals surface area contributed by atoms with Crippen molar-refractivity contribution in [2.45, 2.75) is 13.0 Å². The molecule has 0 aliphatic carbocycles. The van der Waals surface area contributed by atoms with E-state index < -0.39 is 6.04 Å². The van der Waals surface area contributed by atoms with Crippen molar-refractivity contribution in [2.75, 3.05) is 18.7 Å². The van der Waals surface area contributed by atoms with Gasteiger partial charge in [0.15, 0.2) is 16.7 Å². The number of amidine groups is 1. The fourth-order valence-corrected chi connectivity index (χ4v) is 3.34. The highest BCUT2D eigenvalue weighted by molar-refractivity contribution is 14.0. The van der Waals surface area contributed by atoms with Gasteiger partial charge in [0, 0.05) is 11.4 Å². The Morgan fingerprint density at radius 3 is 2.61 bits per heavy atom. The van der Waals surface area contributed by atoms with Crippen LogP contribution in [0.4, 0.5) is 5.69 Å². The number of hydrogen-bond acceptors (Lipinski definition) is 6. The molecular formula is C20H22IN3O3S. The van der Waals surface area contributed by atoms with Crippen LogP contribution in [-0.2, 0) is 4.79 Å². The standard InChI is InChI=1S/C20H21N3O3S.HI/c1-12-17(19(25)22-14-7-5-4-6-8-14)18(23-20(21-12)27-3)13-9-10-15(24)16(11-13)26-2;/h4-11,18,24H,1-3H3,(H,21,23)(H,22,25);1H. The number of anilines is 1. The smallest absolute Gasteiger partial charge is 0.255 e. The van der Waals surface area contributed by atoms with Crippen LogP contribution in [0.15, 0.2) is 64.8 Å². The number of hydrogen-bond donors (Lipinski definition) is 3. The number of allylic oxidation sites excluding steroid dienone is 1. The third kappa shape index (κ3) is 4.79. The Labute approximate surface area is 185 Å². The number of halogens is 1. The molecule has 28 heavy (non-hydrogen) atoms. The van der Waals surface area contributed by atoms with Gasteiger partial charge in [-0.3, -0.25) is 4.79 Å². The number of thioether (sulfide) groups is 1. The van der Waals surface area contributed by atoms with Gasteiger partial charge < -0.3 is 20.5 Å². The number of nitrogens with zero attached hydrogens (tertiary/aromatic N) is 1. The SMILES string of the molecule is COc1cc(C2N=C(SC)NC(C)=C2C(=O)Nc2ccccc2)ccc1O.I. The van der Waals surface area contributed by atoms with Crippen LogP contribution in [0.3, 0.4) is 0 Å². The molecule has 2 aromatic carbocycles. The number of ether oxygens (including phenoxy) is 1. The molecule has 1 aliphatic rings. The first-order valence-electron chi connectivity index (χ1n) is 8.36. The van der Waals surface area contributed by atoms with Gasteiger partial charge >= 0.3 is 0 Å². The number of rotatable bonds is 4. The average Bonchev–Trinajstić information content (AvgIpc) is 2.68. The van der Waals surface area contributed by atoms with Crippen LogP contribution < -0.4 is 15.4 Å². The molecule has 0 spiro atoms. The van der Waals surface area contributed by atoms with Gasteiger partial charge in [-0.15, -0.1) is 24.0 Å². The fourth-order valence-electron chi connectivity index (χ4n) is 2.87. The van der Waals surface area contributed by atoms with Gasteiger partial charge in [0.2, 0.25) is 0 Å². The number of benzene rings is 2. The van der Waals surface area contributed by atoms with Crippen molar-refractivity contribution in [3.8, 4) is 11.5 Å². The van der Waals surface area contributed by atoms with E-state index in [4.69, 9.17) is 4.74 Å². The van der Waals surface area contributed by atoms with E-state index in [9.17, 15) is 9.90 Å². The van der Waals surface area contributed by atoms with Gasteiger partial charge in [0.1, 0.15) is 6.04 Å². The largest absolute Gasteiger partial charge is 0.504 e. The van der Waals surface area contributed by atoms with Crippen LogP contribution in [0, 0.1) is 0 Å². The summed E-state index contributed by atoms with van der Waals surface area (Å²) in [7, 11) is 1.49. The maximum absolute atomic E-state index is 13.0. The first-order valence-corrected chi connectivity index (χ1v) is 9.59. The van der Waals surface area contributed by atoms with Crippen LogP contribution in [0.2, 0.25) is 0 Å². The van der Waals surface area contributed by atoms with Gasteiger partial charge in [-0.05, 0) is 43.0 Å². The number of methoxy groups -OCH3 is 1. The van der Waals surface area contributed by atoms with Crippen LogP contribution in [0.5, 0.6) is 11.5 Å². The number of aromatic hydroxyl groups is 1. The highest BCUT2D eigenvalue weighted by Crippen LogP contribution is 2.36. The third-order valence-corrected chi connectivity index (χ3v) is 4.80. The van der Waals surface area contributed by atoms with Crippen molar-refractivity contribution < 1.29 is 14.6 Å². The van der Waals surface area contributed by atoms with Crippen molar-refractivity contribution in [3.05, 3.63) is 65.4 Å². The van der Waals surface area contributed by atoms with E-state index in [0.717, 1.165) is 16.4 Å². The van der Waals surface area contributed by atoms with Crippen LogP contribution in [-0.4, -0.2) is 29.5 Å². The molecule has 0 saturated heterocycles. The number of carbonyl (C=O) groups excluding carboxylic acids is 1. The number of amides is 1. The summed E-state index contributed by atoms with van der Waals surface area (Å²) in [4.78, 5) is 17.7. The minimum Gasteiger partial charge on any atom is -0.504 e. The van der Waals surface area contributed by atoms with Gasteiger partial charge in [-0.1, -0.05) is 36.0 Å². The molecule has 1 heterocycles. The van der Waals surface area contributed by atoms with Crippen molar-refractivity contribution in [2.24, 2.45) is 4.99 Å². The molecule has 0 saturated carbocycles. The van der Waals surface area contributed by atoms with E-state index in [1.54, 1.807) is 18.2 Å². The van der Waals surface area contributed by atoms with E-state index >= 15 is 0 Å². The fraction of sp³-hybridized carbons (Fsp3) is 0.200. The summed E-state index contributed by atoms with van der Waals surface area (Å²) < 4.78 is 5.21. The van der Waals surface area contributed by atoms with Crippen molar-refractivity contribution in [1.29, 1.82) is 0 Å². The maximum atomic E-state index is 13.0. The predicted octanol–water partition coefficient (Wildman–Crippen LogP) is 4.29. The highest BCUT2D eigenvalue weighted by Gasteiger charge is 2.29. The molecule has 1 atom stereocenters. The molecule has 1 unspecified atom stereocenters. The molecule has 0 radical (unpaired) electrons. The molecular weight excluding hydrogens is 489 g/mol. The minimum absolute atomic E-state index is 0. The van der Waals surface area contributed by atoms with E-state index in [2.05, 4.69) is 15.6 Å². The van der Waals surface area contributed by atoms with Gasteiger partial charge in [-0.2, -0.15) is 0 Å². The molecule has 1 aliphatic heterocycles. The Hall–Kier alpha value is -2.20. The lowest BCUT2D eigenvalue weighted by Gasteiger charge is -2.26. The normalized spacial score (nSPS) is 15.8. The zero-order valence-electron chi connectivity index (χ0n) is 15.7. The molecule has 3 rings (SSSR count). The molecule has 6 nitrogen and oxygen atoms in total. The first kappa shape index (κ1) is 22.1. The summed E-state index contributed by atoms with van der Waals surface area (Å²) in [6.45, 7) is 1.86. The second-order valence-corrected chi connectivity index (χ2v) is 6.75. The first-order chi connectivity index (χ1) is 13.0. The third-order valence-electron chi connectivity index (χ3n) is 4.21. The Morgan fingerprint density at radius 2 is 1.96 bits per heavy atom. The highest BCUT2D eigenvalue weighted by atomic mass is 127. The summed E-state index contributed by atoms with van der Waals surface area (Å²) in [5.41, 5.74) is 2.73. The van der Waals surface area contributed by atoms with Gasteiger partial charge in [0.05, 0.1) is 12.7 Å². The van der Waals surface area contributed by atoms with Gasteiger partial charge in [-0.25, -0.2) is 4.99 Å². The zero-order chi connectivity index (χ0) is 19.4. The van der Waals surface area contributed by atoms with Crippen molar-refractivity contribution in [1.82, 2.24) is 5.32 Å². The lowest BCUT2D eigenvalue weighted by atomic mass is 9.95. The van der Waals surface area contributed by atoms with Crippen LogP contribution in [0.1, 0.15) is 18.5 Å². The molecule has 0 bridgehead atoms. The Morgan fingerprint density at radius 1 is 1.25 bits per heavy atom. The number of para-hydroxylation sites is 1. The number of aliphatic imine (C=N–C) groups is 1. The summed E-state index contributed by atoms with van der Waals surface area (Å²) in [5, 5.41) is 16.7. The number of nitrogens with one attached hydrogen (secondary N) is 2. The molecule has 0 fully saturated rings.